The highest BCUT2D eigenvalue weighted by Gasteiger charge is 2.11. The van der Waals surface area contributed by atoms with Crippen LogP contribution in [0.15, 0.2) is 18.3 Å². The summed E-state index contributed by atoms with van der Waals surface area (Å²) in [4.78, 5) is 17.7. The fraction of sp³-hybridized carbons (Fsp3) is 0.455. The molecule has 2 N–H and O–H groups in total. The lowest BCUT2D eigenvalue weighted by Gasteiger charge is -2.29. The van der Waals surface area contributed by atoms with Gasteiger partial charge in [0.25, 0.3) is 5.91 Å². The molecule has 1 aromatic rings. The Hall–Kier alpha value is -1.62. The van der Waals surface area contributed by atoms with E-state index in [9.17, 15) is 4.79 Å². The van der Waals surface area contributed by atoms with Gasteiger partial charge in [0.2, 0.25) is 0 Å². The van der Waals surface area contributed by atoms with E-state index in [1.54, 1.807) is 19.3 Å². The summed E-state index contributed by atoms with van der Waals surface area (Å²) in [6, 6.07) is 3.71. The molecule has 5 nitrogen and oxygen atoms in total. The van der Waals surface area contributed by atoms with Crippen molar-refractivity contribution >= 4 is 11.6 Å². The Morgan fingerprint density at radius 1 is 1.44 bits per heavy atom. The van der Waals surface area contributed by atoms with Crippen molar-refractivity contribution in [1.82, 2.24) is 15.6 Å². The maximum absolute atomic E-state index is 11.3. The van der Waals surface area contributed by atoms with Gasteiger partial charge >= 0.3 is 0 Å². The van der Waals surface area contributed by atoms with Gasteiger partial charge in [-0.25, -0.2) is 4.98 Å². The first kappa shape index (κ1) is 10.9. The van der Waals surface area contributed by atoms with Crippen LogP contribution < -0.4 is 15.5 Å². The van der Waals surface area contributed by atoms with E-state index < -0.39 is 0 Å². The molecule has 1 saturated heterocycles. The van der Waals surface area contributed by atoms with Crippen molar-refractivity contribution in [1.29, 1.82) is 0 Å². The van der Waals surface area contributed by atoms with Crippen LogP contribution in [-0.2, 0) is 0 Å². The number of hydrogen-bond acceptors (Lipinski definition) is 4. The lowest BCUT2D eigenvalue weighted by molar-refractivity contribution is 0.0958. The molecule has 2 rings (SSSR count). The Morgan fingerprint density at radius 2 is 2.19 bits per heavy atom. The lowest BCUT2D eigenvalue weighted by atomic mass is 10.2. The molecule has 1 aliphatic rings. The summed E-state index contributed by atoms with van der Waals surface area (Å²) in [5.41, 5.74) is 1.54. The number of aromatic nitrogens is 1. The second kappa shape index (κ2) is 4.94. The summed E-state index contributed by atoms with van der Waals surface area (Å²) < 4.78 is 0. The zero-order chi connectivity index (χ0) is 11.4. The van der Waals surface area contributed by atoms with E-state index in [0.29, 0.717) is 5.69 Å². The molecule has 0 aromatic carbocycles. The summed E-state index contributed by atoms with van der Waals surface area (Å²) >= 11 is 0. The third-order valence-corrected chi connectivity index (χ3v) is 2.69. The van der Waals surface area contributed by atoms with Gasteiger partial charge in [-0.05, 0) is 12.1 Å². The van der Waals surface area contributed by atoms with Crippen molar-refractivity contribution in [3.05, 3.63) is 24.0 Å². The normalized spacial score (nSPS) is 15.9. The molecule has 1 fully saturated rings. The van der Waals surface area contributed by atoms with Crippen molar-refractivity contribution in [3.63, 3.8) is 0 Å². The number of carbonyl (C=O) groups excluding carboxylic acids is 1. The van der Waals surface area contributed by atoms with Crippen LogP contribution in [0.4, 0.5) is 5.69 Å². The van der Waals surface area contributed by atoms with E-state index in [0.717, 1.165) is 31.9 Å². The molecule has 16 heavy (non-hydrogen) atoms. The second-order valence-corrected chi connectivity index (χ2v) is 3.72. The van der Waals surface area contributed by atoms with E-state index in [2.05, 4.69) is 20.5 Å². The molecule has 5 heteroatoms. The molecule has 0 bridgehead atoms. The highest BCUT2D eigenvalue weighted by Crippen LogP contribution is 2.13. The first-order valence-electron chi connectivity index (χ1n) is 5.45. The van der Waals surface area contributed by atoms with Gasteiger partial charge in [0.05, 0.1) is 11.9 Å². The molecule has 86 valence electrons. The predicted molar refractivity (Wildman–Crippen MR) is 62.7 cm³/mol. The van der Waals surface area contributed by atoms with Crippen molar-refractivity contribution < 1.29 is 4.79 Å². The molecule has 0 saturated carbocycles. The van der Waals surface area contributed by atoms with Gasteiger partial charge in [0.15, 0.2) is 0 Å². The highest BCUT2D eigenvalue weighted by molar-refractivity contribution is 5.92. The average Bonchev–Trinajstić information content (AvgIpc) is 2.39. The number of nitrogens with zero attached hydrogens (tertiary/aromatic N) is 2. The number of carbonyl (C=O) groups is 1. The summed E-state index contributed by atoms with van der Waals surface area (Å²) in [5.74, 6) is -0.146. The number of piperazine rings is 1. The fourth-order valence-electron chi connectivity index (χ4n) is 1.76. The number of anilines is 1. The highest BCUT2D eigenvalue weighted by atomic mass is 16.1. The Bertz CT molecular complexity index is 357. The minimum absolute atomic E-state index is 0.146. The Kier molecular flexibility index (Phi) is 3.36. The predicted octanol–water partition coefficient (Wildman–Crippen LogP) is -0.149. The van der Waals surface area contributed by atoms with Gasteiger partial charge in [-0.2, -0.15) is 0 Å². The van der Waals surface area contributed by atoms with E-state index >= 15 is 0 Å². The topological polar surface area (TPSA) is 57.3 Å². The van der Waals surface area contributed by atoms with Crippen LogP contribution in [-0.4, -0.2) is 44.1 Å². The molecule has 1 aromatic heterocycles. The molecule has 1 aliphatic heterocycles. The summed E-state index contributed by atoms with van der Waals surface area (Å²) in [6.07, 6.45) is 1.76. The Labute approximate surface area is 94.9 Å². The number of nitrogens with one attached hydrogen (secondary N) is 2. The summed E-state index contributed by atoms with van der Waals surface area (Å²) in [5, 5.41) is 5.85. The van der Waals surface area contributed by atoms with Crippen molar-refractivity contribution in [3.8, 4) is 0 Å². The van der Waals surface area contributed by atoms with Gasteiger partial charge in [-0.3, -0.25) is 4.79 Å². The molecule has 0 atom stereocenters. The molecule has 0 aliphatic carbocycles. The molecule has 0 spiro atoms. The van der Waals surface area contributed by atoms with Gasteiger partial charge in [0, 0.05) is 33.2 Å². The minimum atomic E-state index is -0.146. The van der Waals surface area contributed by atoms with E-state index in [-0.39, 0.29) is 5.91 Å². The zero-order valence-electron chi connectivity index (χ0n) is 9.36. The van der Waals surface area contributed by atoms with Gasteiger partial charge in [0.1, 0.15) is 5.69 Å². The fourth-order valence-corrected chi connectivity index (χ4v) is 1.76. The minimum Gasteiger partial charge on any atom is -0.368 e. The van der Waals surface area contributed by atoms with Gasteiger partial charge in [-0.15, -0.1) is 0 Å². The molecule has 2 heterocycles. The van der Waals surface area contributed by atoms with Crippen molar-refractivity contribution in [2.24, 2.45) is 0 Å². The van der Waals surface area contributed by atoms with E-state index in [1.165, 1.54) is 0 Å². The SMILES string of the molecule is CNC(=O)c1ccc(N2CCNCC2)cn1. The van der Waals surface area contributed by atoms with Crippen molar-refractivity contribution in [2.45, 2.75) is 0 Å². The van der Waals surface area contributed by atoms with E-state index in [1.807, 2.05) is 6.07 Å². The Morgan fingerprint density at radius 3 is 2.75 bits per heavy atom. The maximum Gasteiger partial charge on any atom is 0.269 e. The third kappa shape index (κ3) is 2.30. The number of rotatable bonds is 2. The van der Waals surface area contributed by atoms with E-state index in [4.69, 9.17) is 0 Å². The molecular weight excluding hydrogens is 204 g/mol. The smallest absolute Gasteiger partial charge is 0.269 e. The maximum atomic E-state index is 11.3. The van der Waals surface area contributed by atoms with Crippen LogP contribution in [0, 0.1) is 0 Å². The first-order chi connectivity index (χ1) is 7.81. The Balaban J connectivity index is 2.09. The average molecular weight is 220 g/mol. The molecular formula is C11H16N4O. The van der Waals surface area contributed by atoms with Gasteiger partial charge < -0.3 is 15.5 Å². The largest absolute Gasteiger partial charge is 0.368 e. The van der Waals surface area contributed by atoms with Gasteiger partial charge in [-0.1, -0.05) is 0 Å². The van der Waals surface area contributed by atoms with Crippen LogP contribution in [0.2, 0.25) is 0 Å². The third-order valence-electron chi connectivity index (χ3n) is 2.69. The summed E-state index contributed by atoms with van der Waals surface area (Å²) in [6.45, 7) is 3.97. The molecule has 0 unspecified atom stereocenters. The van der Waals surface area contributed by atoms with Crippen LogP contribution in [0.1, 0.15) is 10.5 Å². The standard InChI is InChI=1S/C11H16N4O/c1-12-11(16)10-3-2-9(8-14-10)15-6-4-13-5-7-15/h2-3,8,13H,4-7H2,1H3,(H,12,16). The van der Waals surface area contributed by atoms with Crippen molar-refractivity contribution in [2.75, 3.05) is 38.1 Å². The first-order valence-corrected chi connectivity index (χ1v) is 5.45. The summed E-state index contributed by atoms with van der Waals surface area (Å²) in [7, 11) is 1.61. The number of hydrogen-bond donors (Lipinski definition) is 2. The molecule has 1 amide bonds. The zero-order valence-corrected chi connectivity index (χ0v) is 9.36. The number of amides is 1. The number of pyridine rings is 1. The molecule has 0 radical (unpaired) electrons. The van der Waals surface area contributed by atoms with Crippen LogP contribution in [0.25, 0.3) is 0 Å². The quantitative estimate of drug-likeness (QED) is 0.728. The monoisotopic (exact) mass is 220 g/mol. The lowest BCUT2D eigenvalue weighted by Crippen LogP contribution is -2.43. The van der Waals surface area contributed by atoms with Crippen LogP contribution in [0.3, 0.4) is 0 Å². The van der Waals surface area contributed by atoms with Crippen LogP contribution >= 0.6 is 0 Å². The van der Waals surface area contributed by atoms with Crippen LogP contribution in [0.5, 0.6) is 0 Å². The second-order valence-electron chi connectivity index (χ2n) is 3.72.